The largest absolute Gasteiger partial charge is 0.425 e. The summed E-state index contributed by atoms with van der Waals surface area (Å²) >= 11 is 0. The molecule has 4 rings (SSSR count). The Morgan fingerprint density at radius 2 is 1.59 bits per heavy atom. The molecule has 0 aromatic heterocycles. The molecule has 32 heavy (non-hydrogen) atoms. The second-order valence-corrected chi connectivity index (χ2v) is 8.16. The van der Waals surface area contributed by atoms with E-state index in [1.165, 1.54) is 0 Å². The lowest BCUT2D eigenvalue weighted by Gasteiger charge is -2.27. The summed E-state index contributed by atoms with van der Waals surface area (Å²) in [6.45, 7) is -0.642. The summed E-state index contributed by atoms with van der Waals surface area (Å²) in [6.07, 6.45) is 2.78. The summed E-state index contributed by atoms with van der Waals surface area (Å²) in [5, 5.41) is 12.2. The Morgan fingerprint density at radius 1 is 0.938 bits per heavy atom. The number of carbonyl (C=O) groups is 2. The van der Waals surface area contributed by atoms with Crippen molar-refractivity contribution in [3.05, 3.63) is 101 Å². The maximum Gasteiger partial charge on any atom is 0.337 e. The van der Waals surface area contributed by atoms with Gasteiger partial charge in [0.25, 0.3) is 0 Å². The van der Waals surface area contributed by atoms with Crippen LogP contribution in [0, 0.1) is 5.92 Å². The van der Waals surface area contributed by atoms with Gasteiger partial charge in [-0.3, -0.25) is 4.79 Å². The Morgan fingerprint density at radius 3 is 2.22 bits per heavy atom. The van der Waals surface area contributed by atoms with Crippen LogP contribution in [0.2, 0.25) is 0 Å². The van der Waals surface area contributed by atoms with Gasteiger partial charge in [0.05, 0.1) is 6.04 Å². The maximum atomic E-state index is 13.0. The molecule has 1 amide bonds. The summed E-state index contributed by atoms with van der Waals surface area (Å²) in [4.78, 5) is 24.5. The van der Waals surface area contributed by atoms with Gasteiger partial charge in [-0.15, -0.1) is 0 Å². The van der Waals surface area contributed by atoms with E-state index in [0.717, 1.165) is 41.5 Å². The van der Waals surface area contributed by atoms with Crippen LogP contribution in [0.4, 0.5) is 0 Å². The van der Waals surface area contributed by atoms with E-state index in [-0.39, 0.29) is 17.9 Å². The van der Waals surface area contributed by atoms with Gasteiger partial charge in [0.2, 0.25) is 5.91 Å². The van der Waals surface area contributed by atoms with E-state index in [1.54, 1.807) is 6.07 Å². The lowest BCUT2D eigenvalue weighted by Crippen LogP contribution is -2.32. The monoisotopic (exact) mass is 429 g/mol. The second kappa shape index (κ2) is 10.2. The molecule has 0 radical (unpaired) electrons. The first-order valence-corrected chi connectivity index (χ1v) is 11.0. The topological polar surface area (TPSA) is 75.6 Å². The minimum absolute atomic E-state index is 0.0269. The fourth-order valence-electron chi connectivity index (χ4n) is 4.40. The molecule has 0 spiro atoms. The van der Waals surface area contributed by atoms with Crippen molar-refractivity contribution < 1.29 is 19.4 Å². The highest BCUT2D eigenvalue weighted by molar-refractivity contribution is 5.77. The van der Waals surface area contributed by atoms with Crippen molar-refractivity contribution in [3.63, 3.8) is 0 Å². The number of carbonyl (C=O) groups excluding carboxylic acids is 2. The van der Waals surface area contributed by atoms with E-state index in [4.69, 9.17) is 9.84 Å². The third-order valence-corrected chi connectivity index (χ3v) is 5.94. The Bertz CT molecular complexity index is 1030. The number of aliphatic hydroxyl groups excluding tert-OH is 1. The molecule has 0 fully saturated rings. The molecule has 1 aliphatic carbocycles. The zero-order chi connectivity index (χ0) is 22.3. The van der Waals surface area contributed by atoms with Gasteiger partial charge in [0.1, 0.15) is 12.4 Å². The number of ether oxygens (including phenoxy) is 1. The highest BCUT2D eigenvalue weighted by Crippen LogP contribution is 2.34. The average molecular weight is 430 g/mol. The molecule has 0 saturated carbocycles. The van der Waals surface area contributed by atoms with Crippen molar-refractivity contribution in [3.8, 4) is 5.75 Å². The summed E-state index contributed by atoms with van der Waals surface area (Å²) in [5.41, 5.74) is 4.20. The fraction of sp³-hybridized carbons (Fsp3) is 0.259. The van der Waals surface area contributed by atoms with Crippen LogP contribution >= 0.6 is 0 Å². The zero-order valence-corrected chi connectivity index (χ0v) is 17.9. The van der Waals surface area contributed by atoms with E-state index < -0.39 is 12.6 Å². The first-order chi connectivity index (χ1) is 15.6. The SMILES string of the molecule is O=C(CC1CCc2c(cccc2OC(=O)CO)C1)NC(c1ccccc1)c1ccccc1. The van der Waals surface area contributed by atoms with E-state index in [9.17, 15) is 9.59 Å². The standard InChI is InChI=1S/C27H27NO4/c29-18-26(31)32-24-13-7-12-22-16-19(14-15-23(22)24)17-25(30)28-27(20-8-3-1-4-9-20)21-10-5-2-6-11-21/h1-13,19,27,29H,14-18H2,(H,28,30). The van der Waals surface area contributed by atoms with E-state index in [0.29, 0.717) is 12.2 Å². The summed E-state index contributed by atoms with van der Waals surface area (Å²) in [6, 6.07) is 25.4. The minimum Gasteiger partial charge on any atom is -0.425 e. The molecule has 5 heteroatoms. The van der Waals surface area contributed by atoms with Crippen LogP contribution in [-0.4, -0.2) is 23.6 Å². The van der Waals surface area contributed by atoms with Gasteiger partial charge in [-0.2, -0.15) is 0 Å². The van der Waals surface area contributed by atoms with Crippen LogP contribution < -0.4 is 10.1 Å². The molecule has 0 bridgehead atoms. The molecule has 0 heterocycles. The molecule has 5 nitrogen and oxygen atoms in total. The van der Waals surface area contributed by atoms with Crippen LogP contribution in [0.5, 0.6) is 5.75 Å². The van der Waals surface area contributed by atoms with Crippen LogP contribution in [0.15, 0.2) is 78.9 Å². The van der Waals surface area contributed by atoms with E-state index >= 15 is 0 Å². The number of rotatable bonds is 7. The Labute approximate surface area is 188 Å². The maximum absolute atomic E-state index is 13.0. The third kappa shape index (κ3) is 5.24. The van der Waals surface area contributed by atoms with Gasteiger partial charge in [-0.1, -0.05) is 72.8 Å². The van der Waals surface area contributed by atoms with Gasteiger partial charge in [0, 0.05) is 6.42 Å². The predicted octanol–water partition coefficient (Wildman–Crippen LogP) is 3.99. The van der Waals surface area contributed by atoms with Crippen molar-refractivity contribution in [1.82, 2.24) is 5.32 Å². The van der Waals surface area contributed by atoms with Crippen LogP contribution in [0.3, 0.4) is 0 Å². The summed E-state index contributed by atoms with van der Waals surface area (Å²) in [7, 11) is 0. The number of hydrogen-bond donors (Lipinski definition) is 2. The molecule has 1 aliphatic rings. The fourth-order valence-corrected chi connectivity index (χ4v) is 4.40. The number of nitrogens with one attached hydrogen (secondary N) is 1. The Hall–Kier alpha value is -3.44. The number of benzene rings is 3. The molecule has 3 aromatic rings. The van der Waals surface area contributed by atoms with Crippen molar-refractivity contribution in [2.75, 3.05) is 6.61 Å². The van der Waals surface area contributed by atoms with Gasteiger partial charge >= 0.3 is 5.97 Å². The Balaban J connectivity index is 1.44. The van der Waals surface area contributed by atoms with Crippen molar-refractivity contribution in [2.45, 2.75) is 31.7 Å². The van der Waals surface area contributed by atoms with Gasteiger partial charge < -0.3 is 15.2 Å². The normalized spacial score (nSPS) is 15.1. The number of amides is 1. The van der Waals surface area contributed by atoms with Crippen LogP contribution in [0.1, 0.15) is 41.1 Å². The van der Waals surface area contributed by atoms with Crippen LogP contribution in [-0.2, 0) is 22.4 Å². The molecular formula is C27H27NO4. The molecule has 2 N–H and O–H groups in total. The van der Waals surface area contributed by atoms with E-state index in [1.807, 2.05) is 72.8 Å². The first kappa shape index (κ1) is 21.8. The number of aliphatic hydroxyl groups is 1. The molecule has 3 aromatic carbocycles. The molecule has 0 aliphatic heterocycles. The van der Waals surface area contributed by atoms with Gasteiger partial charge in [-0.25, -0.2) is 4.79 Å². The molecule has 1 atom stereocenters. The van der Waals surface area contributed by atoms with E-state index in [2.05, 4.69) is 5.32 Å². The number of esters is 1. The lowest BCUT2D eigenvalue weighted by atomic mass is 9.81. The van der Waals surface area contributed by atoms with Crippen molar-refractivity contribution >= 4 is 11.9 Å². The zero-order valence-electron chi connectivity index (χ0n) is 17.9. The minimum atomic E-state index is -0.659. The quantitative estimate of drug-likeness (QED) is 0.440. The van der Waals surface area contributed by atoms with Crippen LogP contribution in [0.25, 0.3) is 0 Å². The molecule has 0 saturated heterocycles. The predicted molar refractivity (Wildman–Crippen MR) is 122 cm³/mol. The smallest absolute Gasteiger partial charge is 0.337 e. The highest BCUT2D eigenvalue weighted by atomic mass is 16.5. The highest BCUT2D eigenvalue weighted by Gasteiger charge is 2.25. The lowest BCUT2D eigenvalue weighted by molar-refractivity contribution is -0.137. The average Bonchev–Trinajstić information content (AvgIpc) is 2.83. The third-order valence-electron chi connectivity index (χ3n) is 5.94. The Kier molecular flexibility index (Phi) is 6.97. The second-order valence-electron chi connectivity index (χ2n) is 8.16. The molecule has 1 unspecified atom stereocenters. The van der Waals surface area contributed by atoms with Gasteiger partial charge in [0.15, 0.2) is 0 Å². The summed E-state index contributed by atoms with van der Waals surface area (Å²) < 4.78 is 5.26. The van der Waals surface area contributed by atoms with Gasteiger partial charge in [-0.05, 0) is 53.5 Å². The number of hydrogen-bond acceptors (Lipinski definition) is 4. The molecule has 164 valence electrons. The first-order valence-electron chi connectivity index (χ1n) is 11.0. The van der Waals surface area contributed by atoms with Crippen molar-refractivity contribution in [2.24, 2.45) is 5.92 Å². The number of fused-ring (bicyclic) bond motifs is 1. The molecular weight excluding hydrogens is 402 g/mol. The van der Waals surface area contributed by atoms with Crippen molar-refractivity contribution in [1.29, 1.82) is 0 Å². The summed E-state index contributed by atoms with van der Waals surface area (Å²) in [5.74, 6) is 0.1000.